The summed E-state index contributed by atoms with van der Waals surface area (Å²) < 4.78 is 6.87. The minimum atomic E-state index is 0.311. The molecule has 2 rings (SSSR count). The number of hydrogen-bond donors (Lipinski definition) is 0. The molecule has 0 radical (unpaired) electrons. The molecule has 1 aliphatic rings. The topological polar surface area (TPSA) is 9.23 Å². The van der Waals surface area contributed by atoms with Gasteiger partial charge in [-0.05, 0) is 46.6 Å². The summed E-state index contributed by atoms with van der Waals surface area (Å²) in [5.74, 6) is 0. The van der Waals surface area contributed by atoms with Crippen LogP contribution in [0.5, 0.6) is 0 Å². The van der Waals surface area contributed by atoms with E-state index in [-0.39, 0.29) is 0 Å². The zero-order valence-corrected chi connectivity index (χ0v) is 12.5. The Balaban J connectivity index is 2.10. The van der Waals surface area contributed by atoms with Crippen molar-refractivity contribution in [1.29, 1.82) is 0 Å². The van der Waals surface area contributed by atoms with Crippen LogP contribution < -0.4 is 0 Å². The molecule has 1 aliphatic heterocycles. The van der Waals surface area contributed by atoms with Crippen LogP contribution in [-0.4, -0.2) is 18.5 Å². The van der Waals surface area contributed by atoms with E-state index in [2.05, 4.69) is 43.3 Å². The maximum Gasteiger partial charge on any atom is 0.0533 e. The fraction of sp³-hybridized carbons (Fsp3) is 0.636. The minimum Gasteiger partial charge on any atom is -0.381 e. The number of halogens is 2. The number of thiophene rings is 1. The van der Waals surface area contributed by atoms with Gasteiger partial charge in [0, 0.05) is 26.7 Å². The molecule has 0 saturated carbocycles. The van der Waals surface area contributed by atoms with E-state index in [4.69, 9.17) is 4.74 Å². The van der Waals surface area contributed by atoms with Gasteiger partial charge in [0.1, 0.15) is 0 Å². The van der Waals surface area contributed by atoms with Gasteiger partial charge in [-0.2, -0.15) is 0 Å². The highest BCUT2D eigenvalue weighted by atomic mass is 79.9. The molecular weight excluding hydrogens is 340 g/mol. The van der Waals surface area contributed by atoms with Gasteiger partial charge in [-0.15, -0.1) is 11.3 Å². The predicted molar refractivity (Wildman–Crippen MR) is 72.0 cm³/mol. The summed E-state index contributed by atoms with van der Waals surface area (Å²) in [5.41, 5.74) is 0.311. The first-order valence-corrected chi connectivity index (χ1v) is 7.91. The lowest BCUT2D eigenvalue weighted by Gasteiger charge is -2.35. The molecule has 1 fully saturated rings. The lowest BCUT2D eigenvalue weighted by atomic mass is 9.81. The molecule has 0 aromatic carbocycles. The highest BCUT2D eigenvalue weighted by Gasteiger charge is 2.32. The third-order valence-corrected chi connectivity index (χ3v) is 6.03. The summed E-state index contributed by atoms with van der Waals surface area (Å²) in [6.45, 7) is 1.82. The van der Waals surface area contributed by atoms with Crippen LogP contribution in [-0.2, 0) is 11.2 Å². The van der Waals surface area contributed by atoms with Crippen molar-refractivity contribution in [3.8, 4) is 0 Å². The van der Waals surface area contributed by atoms with E-state index in [1.165, 1.54) is 22.2 Å². The van der Waals surface area contributed by atoms with Gasteiger partial charge in [0.25, 0.3) is 0 Å². The van der Waals surface area contributed by atoms with Crippen LogP contribution in [0.15, 0.2) is 15.9 Å². The van der Waals surface area contributed by atoms with Crippen molar-refractivity contribution in [3.05, 3.63) is 20.8 Å². The highest BCUT2D eigenvalue weighted by molar-refractivity contribution is 9.10. The number of rotatable bonds is 3. The molecule has 0 N–H and O–H groups in total. The molecule has 0 bridgehead atoms. The van der Waals surface area contributed by atoms with Crippen molar-refractivity contribution in [2.24, 2.45) is 5.41 Å². The Morgan fingerprint density at radius 3 is 2.93 bits per heavy atom. The van der Waals surface area contributed by atoms with Crippen LogP contribution in [0.3, 0.4) is 0 Å². The minimum absolute atomic E-state index is 0.311. The van der Waals surface area contributed by atoms with Crippen molar-refractivity contribution >= 4 is 43.2 Å². The molecule has 0 aliphatic carbocycles. The summed E-state index contributed by atoms with van der Waals surface area (Å²) in [6.07, 6.45) is 3.58. The van der Waals surface area contributed by atoms with Gasteiger partial charge in [0.15, 0.2) is 0 Å². The fourth-order valence-corrected chi connectivity index (χ4v) is 4.30. The number of ether oxygens (including phenoxy) is 1. The maximum absolute atomic E-state index is 5.62. The second-order valence-electron chi connectivity index (χ2n) is 4.16. The van der Waals surface area contributed by atoms with Gasteiger partial charge >= 0.3 is 0 Å². The van der Waals surface area contributed by atoms with E-state index in [1.54, 1.807) is 0 Å². The highest BCUT2D eigenvalue weighted by Crippen LogP contribution is 2.37. The predicted octanol–water partition coefficient (Wildman–Crippen LogP) is 4.24. The molecular formula is C11H14Br2OS. The Bertz CT molecular complexity index is 318. The summed E-state index contributed by atoms with van der Waals surface area (Å²) in [5, 5.41) is 3.18. The number of alkyl halides is 1. The van der Waals surface area contributed by atoms with Gasteiger partial charge in [0.05, 0.1) is 6.61 Å². The zero-order chi connectivity index (χ0) is 10.7. The van der Waals surface area contributed by atoms with E-state index in [0.717, 1.165) is 25.0 Å². The maximum atomic E-state index is 5.62. The molecule has 1 nitrogen and oxygen atoms in total. The summed E-state index contributed by atoms with van der Waals surface area (Å²) in [4.78, 5) is 1.44. The molecule has 0 spiro atoms. The Morgan fingerprint density at radius 1 is 1.53 bits per heavy atom. The molecule has 1 atom stereocenters. The van der Waals surface area contributed by atoms with Crippen molar-refractivity contribution < 1.29 is 4.74 Å². The Hall–Kier alpha value is 0.620. The van der Waals surface area contributed by atoms with E-state index >= 15 is 0 Å². The van der Waals surface area contributed by atoms with E-state index in [1.807, 2.05) is 11.3 Å². The lowest BCUT2D eigenvalue weighted by molar-refractivity contribution is 0.00648. The van der Waals surface area contributed by atoms with Crippen LogP contribution in [0.2, 0.25) is 0 Å². The monoisotopic (exact) mass is 352 g/mol. The Labute approximate surface area is 111 Å². The molecule has 0 amide bonds. The molecule has 2 heterocycles. The van der Waals surface area contributed by atoms with E-state index in [0.29, 0.717) is 5.41 Å². The summed E-state index contributed by atoms with van der Waals surface area (Å²) >= 11 is 9.08. The lowest BCUT2D eigenvalue weighted by Crippen LogP contribution is -2.35. The molecule has 1 aromatic rings. The van der Waals surface area contributed by atoms with Crippen molar-refractivity contribution in [2.45, 2.75) is 19.3 Å². The molecule has 1 saturated heterocycles. The Morgan fingerprint density at radius 2 is 2.40 bits per heavy atom. The molecule has 15 heavy (non-hydrogen) atoms. The zero-order valence-electron chi connectivity index (χ0n) is 8.47. The van der Waals surface area contributed by atoms with Crippen LogP contribution in [0.25, 0.3) is 0 Å². The normalized spacial score (nSPS) is 26.8. The molecule has 4 heteroatoms. The summed E-state index contributed by atoms with van der Waals surface area (Å²) in [6, 6.07) is 2.13. The molecule has 1 aromatic heterocycles. The van der Waals surface area contributed by atoms with Crippen molar-refractivity contribution in [1.82, 2.24) is 0 Å². The van der Waals surface area contributed by atoms with Gasteiger partial charge in [0.2, 0.25) is 0 Å². The molecule has 1 unspecified atom stereocenters. The third-order valence-electron chi connectivity index (χ3n) is 2.91. The number of hydrogen-bond acceptors (Lipinski definition) is 2. The van der Waals surface area contributed by atoms with Crippen molar-refractivity contribution in [2.75, 3.05) is 18.5 Å². The van der Waals surface area contributed by atoms with Gasteiger partial charge in [-0.25, -0.2) is 0 Å². The Kier molecular flexibility index (Phi) is 4.27. The standard InChI is InChI=1S/C11H14Br2OS/c12-7-11(3-1-4-14-8-11)6-10-9(13)2-5-15-10/h2,5H,1,3-4,6-8H2. The van der Waals surface area contributed by atoms with Crippen LogP contribution >= 0.6 is 43.2 Å². The first-order chi connectivity index (χ1) is 7.26. The average Bonchev–Trinajstić information content (AvgIpc) is 2.66. The second kappa shape index (κ2) is 5.30. The quantitative estimate of drug-likeness (QED) is 0.738. The molecule has 84 valence electrons. The van der Waals surface area contributed by atoms with Crippen molar-refractivity contribution in [3.63, 3.8) is 0 Å². The van der Waals surface area contributed by atoms with Gasteiger partial charge in [-0.3, -0.25) is 0 Å². The third kappa shape index (κ3) is 2.84. The first kappa shape index (κ1) is 12.1. The second-order valence-corrected chi connectivity index (χ2v) is 6.57. The van der Waals surface area contributed by atoms with E-state index in [9.17, 15) is 0 Å². The SMILES string of the molecule is BrCC1(Cc2sccc2Br)CCCOC1. The van der Waals surface area contributed by atoms with Crippen LogP contribution in [0, 0.1) is 5.41 Å². The van der Waals surface area contributed by atoms with Crippen LogP contribution in [0.1, 0.15) is 17.7 Å². The summed E-state index contributed by atoms with van der Waals surface area (Å²) in [7, 11) is 0. The average molecular weight is 354 g/mol. The largest absolute Gasteiger partial charge is 0.381 e. The fourth-order valence-electron chi connectivity index (χ4n) is 1.99. The van der Waals surface area contributed by atoms with E-state index < -0.39 is 0 Å². The van der Waals surface area contributed by atoms with Gasteiger partial charge < -0.3 is 4.74 Å². The smallest absolute Gasteiger partial charge is 0.0533 e. The van der Waals surface area contributed by atoms with Crippen LogP contribution in [0.4, 0.5) is 0 Å². The first-order valence-electron chi connectivity index (χ1n) is 5.11. The van der Waals surface area contributed by atoms with Gasteiger partial charge in [-0.1, -0.05) is 15.9 Å².